The van der Waals surface area contributed by atoms with Crippen LogP contribution in [0, 0.1) is 40.9 Å². The lowest BCUT2D eigenvalue weighted by molar-refractivity contribution is -0.487. The van der Waals surface area contributed by atoms with Crippen molar-refractivity contribution in [2.75, 3.05) is 18.6 Å². The fourth-order valence-corrected chi connectivity index (χ4v) is 13.1. The van der Waals surface area contributed by atoms with Crippen molar-refractivity contribution in [1.82, 2.24) is 0 Å². The Labute approximate surface area is 129 Å². The number of hydrogen-bond donors (Lipinski definition) is 0. The summed E-state index contributed by atoms with van der Waals surface area (Å²) in [5, 5.41) is 0. The lowest BCUT2D eigenvalue weighted by Gasteiger charge is -3.00. The van der Waals surface area contributed by atoms with Crippen LogP contribution in [0.5, 0.6) is 0 Å². The largest absolute Gasteiger partial charge is 0.469 e. The fraction of sp³-hybridized carbons (Fsp3) is 0.929. The maximum absolute atomic E-state index is 12.2. The molecule has 0 radical (unpaired) electrons. The fourth-order valence-electron chi connectivity index (χ4n) is 7.39. The second kappa shape index (κ2) is 2.79. The molecule has 0 N–H and O–H groups in total. The smallest absolute Gasteiger partial charge is 0.312 e. The van der Waals surface area contributed by atoms with Gasteiger partial charge in [-0.3, -0.25) is 4.79 Å². The third-order valence-corrected chi connectivity index (χ3v) is 13.5. The van der Waals surface area contributed by atoms with Gasteiger partial charge in [0.15, 0.2) is 0 Å². The highest BCUT2D eigenvalue weighted by Crippen LogP contribution is 3.02. The number of thioether (sulfide) groups is 2. The monoisotopic (exact) mass is 358 g/mol. The molecule has 0 unspecified atom stereocenters. The zero-order chi connectivity index (χ0) is 12.8. The molecule has 7 aliphatic rings. The number of hydrogen-bond acceptors (Lipinski definition) is 4. The molecule has 7 rings (SSSR count). The second-order valence-corrected chi connectivity index (χ2v) is 11.5. The van der Waals surface area contributed by atoms with Crippen LogP contribution in [0.3, 0.4) is 0 Å². The molecule has 6 aliphatic carbocycles. The van der Waals surface area contributed by atoms with Crippen LogP contribution in [-0.4, -0.2) is 33.0 Å². The van der Waals surface area contributed by atoms with E-state index in [9.17, 15) is 4.79 Å². The SMILES string of the molecule is COC(=O)C12C3[C@H]4[C@@H]1C1CC5(SCCS5)C4(Br)[C@@H]3[C@H]12. The molecule has 19 heavy (non-hydrogen) atoms. The molecule has 0 aromatic heterocycles. The van der Waals surface area contributed by atoms with Crippen LogP contribution in [0.15, 0.2) is 0 Å². The van der Waals surface area contributed by atoms with E-state index in [-0.39, 0.29) is 11.4 Å². The Morgan fingerprint density at radius 2 is 1.79 bits per heavy atom. The first-order valence-corrected chi connectivity index (χ1v) is 9.96. The van der Waals surface area contributed by atoms with Crippen molar-refractivity contribution < 1.29 is 9.53 Å². The minimum Gasteiger partial charge on any atom is -0.469 e. The van der Waals surface area contributed by atoms with Crippen molar-refractivity contribution in [2.45, 2.75) is 14.8 Å². The van der Waals surface area contributed by atoms with Crippen LogP contribution in [0.25, 0.3) is 0 Å². The van der Waals surface area contributed by atoms with Crippen LogP contribution in [0.2, 0.25) is 0 Å². The van der Waals surface area contributed by atoms with Gasteiger partial charge in [-0.15, -0.1) is 23.5 Å². The van der Waals surface area contributed by atoms with Gasteiger partial charge < -0.3 is 4.74 Å². The molecular weight excluding hydrogens is 344 g/mol. The van der Waals surface area contributed by atoms with E-state index in [4.69, 9.17) is 4.74 Å². The van der Waals surface area contributed by atoms with E-state index < -0.39 is 0 Å². The van der Waals surface area contributed by atoms with Gasteiger partial charge >= 0.3 is 5.97 Å². The predicted molar refractivity (Wildman–Crippen MR) is 79.3 cm³/mol. The van der Waals surface area contributed by atoms with Gasteiger partial charge in [0.05, 0.1) is 20.9 Å². The van der Waals surface area contributed by atoms with Gasteiger partial charge in [-0.2, -0.15) is 0 Å². The standard InChI is InChI=1S/C14H15BrO2S2/c1-17-11(16)13-6-5-4-12(18-2-3-19-12)14(15)9(6)8(13)10(14)7(5)13/h5-10H,2-4H2,1H3/t5?,6-,7-,8?,9+,10+,13?,14?/m0/s1. The molecule has 1 spiro atoms. The summed E-state index contributed by atoms with van der Waals surface area (Å²) in [6.45, 7) is 0. The van der Waals surface area contributed by atoms with Crippen LogP contribution in [0.1, 0.15) is 6.42 Å². The summed E-state index contributed by atoms with van der Waals surface area (Å²) >= 11 is 8.64. The molecule has 102 valence electrons. The van der Waals surface area contributed by atoms with Gasteiger partial charge in [0.25, 0.3) is 0 Å². The van der Waals surface area contributed by atoms with Crippen LogP contribution < -0.4 is 0 Å². The van der Waals surface area contributed by atoms with Crippen molar-refractivity contribution >= 4 is 45.4 Å². The Morgan fingerprint density at radius 1 is 1.16 bits per heavy atom. The molecule has 1 aliphatic heterocycles. The van der Waals surface area contributed by atoms with Gasteiger partial charge in [-0.05, 0) is 41.9 Å². The Morgan fingerprint density at radius 3 is 2.37 bits per heavy atom. The van der Waals surface area contributed by atoms with Crippen molar-refractivity contribution in [1.29, 1.82) is 0 Å². The van der Waals surface area contributed by atoms with E-state index in [1.54, 1.807) is 7.11 Å². The number of esters is 1. The van der Waals surface area contributed by atoms with Crippen molar-refractivity contribution in [3.05, 3.63) is 0 Å². The average molecular weight is 359 g/mol. The van der Waals surface area contributed by atoms with Crippen LogP contribution in [-0.2, 0) is 9.53 Å². The quantitative estimate of drug-likeness (QED) is 0.531. The first-order chi connectivity index (χ1) is 9.14. The van der Waals surface area contributed by atoms with Gasteiger partial charge in [-0.1, -0.05) is 15.9 Å². The number of rotatable bonds is 1. The maximum Gasteiger partial charge on any atom is 0.312 e. The van der Waals surface area contributed by atoms with E-state index in [2.05, 4.69) is 39.5 Å². The van der Waals surface area contributed by atoms with Crippen LogP contribution >= 0.6 is 39.5 Å². The summed E-state index contributed by atoms with van der Waals surface area (Å²) in [5.41, 5.74) is 0.00156. The van der Waals surface area contributed by atoms with Gasteiger partial charge in [-0.25, -0.2) is 0 Å². The van der Waals surface area contributed by atoms with Crippen LogP contribution in [0.4, 0.5) is 0 Å². The van der Waals surface area contributed by atoms with E-state index in [1.165, 1.54) is 17.9 Å². The number of carbonyl (C=O) groups is 1. The number of alkyl halides is 1. The molecule has 1 saturated heterocycles. The van der Waals surface area contributed by atoms with E-state index in [0.717, 1.165) is 17.8 Å². The minimum absolute atomic E-state index is 0.00156. The highest BCUT2D eigenvalue weighted by Gasteiger charge is 3.04. The van der Waals surface area contributed by atoms with E-state index >= 15 is 0 Å². The Hall–Kier alpha value is 0.650. The number of carbonyl (C=O) groups excluding carboxylic acids is 1. The summed E-state index contributed by atoms with van der Waals surface area (Å²) in [7, 11) is 1.57. The average Bonchev–Trinajstić information content (AvgIpc) is 2.86. The molecule has 4 atom stereocenters. The Bertz CT molecular complexity index is 524. The maximum atomic E-state index is 12.2. The van der Waals surface area contributed by atoms with Crippen molar-refractivity contribution in [3.63, 3.8) is 0 Å². The van der Waals surface area contributed by atoms with Gasteiger partial charge in [0.1, 0.15) is 0 Å². The second-order valence-electron chi connectivity index (χ2n) is 7.14. The van der Waals surface area contributed by atoms with E-state index in [0.29, 0.717) is 26.2 Å². The third kappa shape index (κ3) is 0.705. The third-order valence-electron chi connectivity index (χ3n) is 7.48. The van der Waals surface area contributed by atoms with Gasteiger partial charge in [0.2, 0.25) is 0 Å². The number of halogens is 1. The van der Waals surface area contributed by atoms with Crippen molar-refractivity contribution in [2.24, 2.45) is 40.9 Å². The first-order valence-electron chi connectivity index (χ1n) is 7.20. The summed E-state index contributed by atoms with van der Waals surface area (Å²) < 4.78 is 5.94. The predicted octanol–water partition coefficient (Wildman–Crippen LogP) is 2.61. The minimum atomic E-state index is 0.00156. The Kier molecular flexibility index (Phi) is 1.65. The molecule has 6 saturated carbocycles. The zero-order valence-corrected chi connectivity index (χ0v) is 13.8. The van der Waals surface area contributed by atoms with Crippen molar-refractivity contribution in [3.8, 4) is 0 Å². The number of methoxy groups -OCH3 is 1. The Balaban J connectivity index is 1.47. The highest BCUT2D eigenvalue weighted by molar-refractivity contribution is 9.10. The molecule has 0 aromatic rings. The molecule has 2 bridgehead atoms. The first kappa shape index (κ1) is 11.2. The zero-order valence-electron chi connectivity index (χ0n) is 10.6. The molecule has 1 heterocycles. The molecule has 0 amide bonds. The summed E-state index contributed by atoms with van der Waals surface area (Å²) in [4.78, 5) is 12.2. The molecule has 7 fully saturated rings. The highest BCUT2D eigenvalue weighted by atomic mass is 79.9. The summed E-state index contributed by atoms with van der Waals surface area (Å²) in [6, 6.07) is 0. The molecular formula is C14H15BrO2S2. The van der Waals surface area contributed by atoms with Gasteiger partial charge in [0, 0.05) is 11.5 Å². The lowest BCUT2D eigenvalue weighted by Crippen LogP contribution is -3.04. The molecule has 0 aromatic carbocycles. The summed E-state index contributed by atoms with van der Waals surface area (Å²) in [6.07, 6.45) is 1.33. The molecule has 2 nitrogen and oxygen atoms in total. The topological polar surface area (TPSA) is 26.3 Å². The summed E-state index contributed by atoms with van der Waals surface area (Å²) in [5.74, 6) is 7.11. The number of ether oxygens (including phenoxy) is 1. The lowest BCUT2D eigenvalue weighted by atomic mass is 9.06. The van der Waals surface area contributed by atoms with E-state index in [1.807, 2.05) is 0 Å². The molecule has 5 heteroatoms. The normalized spacial score (nSPS) is 67.5.